The topological polar surface area (TPSA) is 70.7 Å². The van der Waals surface area contributed by atoms with Crippen LogP contribution in [0.1, 0.15) is 0 Å². The van der Waals surface area contributed by atoms with Gasteiger partial charge in [-0.25, -0.2) is 4.98 Å². The Morgan fingerprint density at radius 2 is 1.62 bits per heavy atom. The number of aromatic nitrogens is 3. The van der Waals surface area contributed by atoms with Crippen molar-refractivity contribution < 1.29 is 4.79 Å². The first-order chi connectivity index (χ1) is 14.2. The smallest absolute Gasteiger partial charge is 0.234 e. The van der Waals surface area contributed by atoms with Crippen LogP contribution in [0.3, 0.4) is 0 Å². The summed E-state index contributed by atoms with van der Waals surface area (Å²) < 4.78 is 0.933. The molecule has 2 N–H and O–H groups in total. The number of carbonyl (C=O) groups is 1. The van der Waals surface area contributed by atoms with Crippen LogP contribution in [0.4, 0.5) is 5.69 Å². The van der Waals surface area contributed by atoms with E-state index in [1.807, 2.05) is 78.9 Å². The number of hydrogen-bond donors (Lipinski definition) is 2. The highest BCUT2D eigenvalue weighted by molar-refractivity contribution is 9.10. The van der Waals surface area contributed by atoms with Gasteiger partial charge in [-0.1, -0.05) is 94.4 Å². The number of anilines is 1. The Labute approximate surface area is 181 Å². The third-order valence-corrected chi connectivity index (χ3v) is 5.75. The fourth-order valence-corrected chi connectivity index (χ4v) is 3.93. The monoisotopic (exact) mass is 464 g/mol. The molecule has 4 rings (SSSR count). The van der Waals surface area contributed by atoms with Crippen molar-refractivity contribution >= 4 is 39.3 Å². The number of rotatable bonds is 6. The number of para-hydroxylation sites is 1. The van der Waals surface area contributed by atoms with Gasteiger partial charge in [-0.3, -0.25) is 9.89 Å². The van der Waals surface area contributed by atoms with E-state index in [2.05, 4.69) is 36.4 Å². The number of H-pyrrole nitrogens is 1. The molecule has 0 saturated heterocycles. The first kappa shape index (κ1) is 19.4. The minimum absolute atomic E-state index is 0.106. The first-order valence-electron chi connectivity index (χ1n) is 8.95. The molecular weight excluding hydrogens is 448 g/mol. The number of benzene rings is 3. The Balaban J connectivity index is 1.41. The van der Waals surface area contributed by atoms with E-state index in [9.17, 15) is 4.79 Å². The number of halogens is 1. The molecule has 144 valence electrons. The average Bonchev–Trinajstić information content (AvgIpc) is 3.22. The lowest BCUT2D eigenvalue weighted by atomic mass is 10.0. The van der Waals surface area contributed by atoms with Crippen LogP contribution in [0, 0.1) is 0 Å². The largest absolute Gasteiger partial charge is 0.325 e. The molecule has 0 aliphatic heterocycles. The molecule has 0 bridgehead atoms. The Hall–Kier alpha value is -2.90. The summed E-state index contributed by atoms with van der Waals surface area (Å²) in [5, 5.41) is 10.7. The van der Waals surface area contributed by atoms with Gasteiger partial charge in [-0.05, 0) is 17.7 Å². The Kier molecular flexibility index (Phi) is 6.07. The molecule has 1 heterocycles. The third kappa shape index (κ3) is 4.75. The number of carbonyl (C=O) groups excluding carboxylic acids is 1. The maximum absolute atomic E-state index is 12.5. The van der Waals surface area contributed by atoms with Crippen molar-refractivity contribution in [1.82, 2.24) is 15.2 Å². The van der Waals surface area contributed by atoms with Gasteiger partial charge in [-0.15, -0.1) is 5.10 Å². The second-order valence-electron chi connectivity index (χ2n) is 6.19. The van der Waals surface area contributed by atoms with E-state index in [1.165, 1.54) is 11.8 Å². The second-order valence-corrected chi connectivity index (χ2v) is 7.99. The van der Waals surface area contributed by atoms with E-state index in [4.69, 9.17) is 0 Å². The fraction of sp³-hybridized carbons (Fsp3) is 0.0455. The molecule has 7 heteroatoms. The molecule has 3 aromatic carbocycles. The summed E-state index contributed by atoms with van der Waals surface area (Å²) in [5.41, 5.74) is 3.75. The molecule has 0 unspecified atom stereocenters. The summed E-state index contributed by atoms with van der Waals surface area (Å²) in [6.07, 6.45) is 0. The highest BCUT2D eigenvalue weighted by Crippen LogP contribution is 2.28. The van der Waals surface area contributed by atoms with Crippen molar-refractivity contribution in [3.8, 4) is 22.5 Å². The quantitative estimate of drug-likeness (QED) is 0.362. The first-order valence-corrected chi connectivity index (χ1v) is 10.7. The van der Waals surface area contributed by atoms with Gasteiger partial charge >= 0.3 is 0 Å². The highest BCUT2D eigenvalue weighted by atomic mass is 79.9. The van der Waals surface area contributed by atoms with Crippen LogP contribution in [0.5, 0.6) is 0 Å². The van der Waals surface area contributed by atoms with Gasteiger partial charge in [0.15, 0.2) is 5.82 Å². The lowest BCUT2D eigenvalue weighted by molar-refractivity contribution is -0.113. The van der Waals surface area contributed by atoms with Crippen LogP contribution in [0.25, 0.3) is 22.5 Å². The van der Waals surface area contributed by atoms with Crippen molar-refractivity contribution in [3.63, 3.8) is 0 Å². The van der Waals surface area contributed by atoms with Crippen LogP contribution >= 0.6 is 27.7 Å². The Morgan fingerprint density at radius 3 is 2.41 bits per heavy atom. The summed E-state index contributed by atoms with van der Waals surface area (Å²) >= 11 is 4.80. The van der Waals surface area contributed by atoms with Gasteiger partial charge in [0.05, 0.1) is 5.75 Å². The van der Waals surface area contributed by atoms with Crippen molar-refractivity contribution in [2.24, 2.45) is 0 Å². The van der Waals surface area contributed by atoms with E-state index in [1.54, 1.807) is 0 Å². The molecular formula is C22H17BrN4OS. The number of nitrogens with zero attached hydrogens (tertiary/aromatic N) is 2. The van der Waals surface area contributed by atoms with Crippen molar-refractivity contribution in [2.75, 3.05) is 11.1 Å². The van der Waals surface area contributed by atoms with Gasteiger partial charge in [0.1, 0.15) is 0 Å². The normalized spacial score (nSPS) is 10.7. The van der Waals surface area contributed by atoms with Gasteiger partial charge < -0.3 is 5.32 Å². The minimum Gasteiger partial charge on any atom is -0.325 e. The van der Waals surface area contributed by atoms with Crippen LogP contribution in [0.15, 0.2) is 88.5 Å². The molecule has 1 amide bonds. The molecule has 5 nitrogen and oxygen atoms in total. The predicted molar refractivity (Wildman–Crippen MR) is 121 cm³/mol. The number of thioether (sulfide) groups is 1. The summed E-state index contributed by atoms with van der Waals surface area (Å²) in [6.45, 7) is 0. The van der Waals surface area contributed by atoms with Crippen LogP contribution in [0.2, 0.25) is 0 Å². The van der Waals surface area contributed by atoms with Crippen molar-refractivity contribution in [1.29, 1.82) is 0 Å². The molecule has 4 aromatic rings. The maximum atomic E-state index is 12.5. The molecule has 0 saturated carbocycles. The zero-order valence-electron chi connectivity index (χ0n) is 15.3. The Morgan fingerprint density at radius 1 is 0.931 bits per heavy atom. The lowest BCUT2D eigenvalue weighted by Crippen LogP contribution is -2.14. The summed E-state index contributed by atoms with van der Waals surface area (Å²) in [7, 11) is 0. The van der Waals surface area contributed by atoms with E-state index >= 15 is 0 Å². The van der Waals surface area contributed by atoms with E-state index in [-0.39, 0.29) is 11.7 Å². The summed E-state index contributed by atoms with van der Waals surface area (Å²) in [6, 6.07) is 25.5. The minimum atomic E-state index is -0.106. The van der Waals surface area contributed by atoms with Crippen LogP contribution < -0.4 is 5.32 Å². The molecule has 0 fully saturated rings. The van der Waals surface area contributed by atoms with Crippen molar-refractivity contribution in [2.45, 2.75) is 5.16 Å². The zero-order chi connectivity index (χ0) is 20.1. The molecule has 29 heavy (non-hydrogen) atoms. The summed E-state index contributed by atoms with van der Waals surface area (Å²) in [5.74, 6) is 0.775. The second kappa shape index (κ2) is 9.07. The molecule has 0 atom stereocenters. The molecule has 0 radical (unpaired) electrons. The van der Waals surface area contributed by atoms with Gasteiger partial charge in [0.2, 0.25) is 11.1 Å². The summed E-state index contributed by atoms with van der Waals surface area (Å²) in [4.78, 5) is 17.0. The number of nitrogens with one attached hydrogen (secondary N) is 2. The van der Waals surface area contributed by atoms with Gasteiger partial charge in [-0.2, -0.15) is 0 Å². The molecule has 0 spiro atoms. The molecule has 0 aliphatic rings. The van der Waals surface area contributed by atoms with Crippen LogP contribution in [-0.4, -0.2) is 26.8 Å². The van der Waals surface area contributed by atoms with Crippen LogP contribution in [-0.2, 0) is 4.79 Å². The maximum Gasteiger partial charge on any atom is 0.234 e. The van der Waals surface area contributed by atoms with Gasteiger partial charge in [0, 0.05) is 21.3 Å². The van der Waals surface area contributed by atoms with E-state index in [0.29, 0.717) is 11.0 Å². The molecule has 1 aromatic heterocycles. The highest BCUT2D eigenvalue weighted by Gasteiger charge is 2.12. The molecule has 0 aliphatic carbocycles. The van der Waals surface area contributed by atoms with E-state index < -0.39 is 0 Å². The standard InChI is InChI=1S/C22H17BrN4OS/c23-18-12-6-4-11-17(18)21-25-22(27-26-21)29-14-20(28)24-19-13-7-5-10-16(19)15-8-2-1-3-9-15/h1-13H,14H2,(H,24,28)(H,25,26,27). The number of hydrogen-bond acceptors (Lipinski definition) is 4. The predicted octanol–water partition coefficient (Wildman–Crippen LogP) is 5.63. The number of aromatic amines is 1. The zero-order valence-corrected chi connectivity index (χ0v) is 17.7. The lowest BCUT2D eigenvalue weighted by Gasteiger charge is -2.10. The van der Waals surface area contributed by atoms with Crippen molar-refractivity contribution in [3.05, 3.63) is 83.3 Å². The SMILES string of the molecule is O=C(CSc1n[nH]c(-c2ccccc2Br)n1)Nc1ccccc1-c1ccccc1. The Bertz CT molecular complexity index is 1130. The number of amides is 1. The van der Waals surface area contributed by atoms with E-state index in [0.717, 1.165) is 26.9 Å². The van der Waals surface area contributed by atoms with Gasteiger partial charge in [0.25, 0.3) is 0 Å². The average molecular weight is 465 g/mol. The fourth-order valence-electron chi connectivity index (χ4n) is 2.86. The third-order valence-electron chi connectivity index (χ3n) is 4.21.